The molecule has 1 fully saturated rings. The van der Waals surface area contributed by atoms with Crippen molar-refractivity contribution in [1.82, 2.24) is 9.88 Å². The molecular formula is C19H19N3O2S. The van der Waals surface area contributed by atoms with Gasteiger partial charge in [-0.15, -0.1) is 11.3 Å². The van der Waals surface area contributed by atoms with E-state index in [-0.39, 0.29) is 6.09 Å². The first-order valence-electron chi connectivity index (χ1n) is 8.28. The minimum atomic E-state index is -0.258. The summed E-state index contributed by atoms with van der Waals surface area (Å²) in [6, 6.07) is 16.7. The lowest BCUT2D eigenvalue weighted by Crippen LogP contribution is -2.49. The van der Waals surface area contributed by atoms with Crippen molar-refractivity contribution in [1.29, 1.82) is 0 Å². The number of thiophene rings is 1. The van der Waals surface area contributed by atoms with E-state index in [2.05, 4.69) is 47.4 Å². The maximum absolute atomic E-state index is 11.6. The van der Waals surface area contributed by atoms with Gasteiger partial charge in [0.15, 0.2) is 0 Å². The second-order valence-corrected chi connectivity index (χ2v) is 7.06. The van der Waals surface area contributed by atoms with E-state index in [0.717, 1.165) is 24.6 Å². The smallest absolute Gasteiger partial charge is 0.409 e. The van der Waals surface area contributed by atoms with Crippen LogP contribution in [0.5, 0.6) is 0 Å². The van der Waals surface area contributed by atoms with Crippen LogP contribution in [0, 0.1) is 0 Å². The molecule has 1 aliphatic heterocycles. The van der Waals surface area contributed by atoms with Crippen molar-refractivity contribution >= 4 is 33.3 Å². The number of rotatable bonds is 2. The minimum Gasteiger partial charge on any atom is -0.453 e. The average Bonchev–Trinajstić information content (AvgIpc) is 3.12. The zero-order valence-electron chi connectivity index (χ0n) is 14.0. The lowest BCUT2D eigenvalue weighted by Gasteiger charge is -2.34. The quantitative estimate of drug-likeness (QED) is 0.702. The highest BCUT2D eigenvalue weighted by atomic mass is 32.1. The highest BCUT2D eigenvalue weighted by Crippen LogP contribution is 2.33. The highest BCUT2D eigenvalue weighted by Gasteiger charge is 2.22. The summed E-state index contributed by atoms with van der Waals surface area (Å²) < 4.78 is 6.07. The van der Waals surface area contributed by atoms with Crippen molar-refractivity contribution in [3.05, 3.63) is 48.5 Å². The van der Waals surface area contributed by atoms with Crippen LogP contribution in [0.1, 0.15) is 0 Å². The fourth-order valence-electron chi connectivity index (χ4n) is 3.09. The third kappa shape index (κ3) is 3.17. The van der Waals surface area contributed by atoms with Gasteiger partial charge >= 0.3 is 6.09 Å². The van der Waals surface area contributed by atoms with Gasteiger partial charge in [-0.25, -0.2) is 9.78 Å². The number of nitrogens with zero attached hydrogens (tertiary/aromatic N) is 3. The Morgan fingerprint density at radius 3 is 2.64 bits per heavy atom. The molecule has 1 aliphatic rings. The number of hydrogen-bond donors (Lipinski definition) is 0. The molecular weight excluding hydrogens is 334 g/mol. The summed E-state index contributed by atoms with van der Waals surface area (Å²) in [5.41, 5.74) is 0.995. The Bertz CT molecular complexity index is 867. The normalized spacial score (nSPS) is 14.8. The van der Waals surface area contributed by atoms with Crippen LogP contribution in [0.4, 0.5) is 10.6 Å². The van der Waals surface area contributed by atoms with E-state index in [9.17, 15) is 4.79 Å². The number of aromatic nitrogens is 1. The van der Waals surface area contributed by atoms with Gasteiger partial charge in [-0.1, -0.05) is 24.3 Å². The van der Waals surface area contributed by atoms with Crippen molar-refractivity contribution < 1.29 is 9.53 Å². The van der Waals surface area contributed by atoms with Gasteiger partial charge in [-0.3, -0.25) is 0 Å². The molecule has 25 heavy (non-hydrogen) atoms. The second-order valence-electron chi connectivity index (χ2n) is 5.97. The van der Waals surface area contributed by atoms with E-state index in [4.69, 9.17) is 9.72 Å². The van der Waals surface area contributed by atoms with E-state index in [1.54, 1.807) is 16.2 Å². The number of anilines is 1. The Morgan fingerprint density at radius 1 is 1.08 bits per heavy atom. The Kier molecular flexibility index (Phi) is 4.28. The minimum absolute atomic E-state index is 0.258. The number of piperazine rings is 1. The molecule has 3 aromatic rings. The number of fused-ring (bicyclic) bond motifs is 1. The highest BCUT2D eigenvalue weighted by molar-refractivity contribution is 7.22. The van der Waals surface area contributed by atoms with Crippen LogP contribution in [-0.2, 0) is 4.74 Å². The maximum Gasteiger partial charge on any atom is 0.409 e. The number of pyridine rings is 1. The van der Waals surface area contributed by atoms with E-state index in [1.807, 2.05) is 6.07 Å². The lowest BCUT2D eigenvalue weighted by atomic mass is 10.2. The molecule has 1 amide bonds. The van der Waals surface area contributed by atoms with E-state index < -0.39 is 0 Å². The monoisotopic (exact) mass is 353 g/mol. The largest absolute Gasteiger partial charge is 0.453 e. The zero-order valence-corrected chi connectivity index (χ0v) is 14.8. The molecule has 6 heteroatoms. The molecule has 0 saturated carbocycles. The molecule has 5 nitrogen and oxygen atoms in total. The molecule has 0 unspecified atom stereocenters. The van der Waals surface area contributed by atoms with Gasteiger partial charge in [-0.05, 0) is 29.7 Å². The molecule has 0 atom stereocenters. The Morgan fingerprint density at radius 2 is 1.88 bits per heavy atom. The molecule has 0 aliphatic carbocycles. The number of benzene rings is 1. The molecule has 128 valence electrons. The van der Waals surface area contributed by atoms with Crippen LogP contribution >= 0.6 is 11.3 Å². The van der Waals surface area contributed by atoms with Crippen molar-refractivity contribution in [3.63, 3.8) is 0 Å². The van der Waals surface area contributed by atoms with Gasteiger partial charge in [0.1, 0.15) is 5.82 Å². The molecule has 2 aromatic heterocycles. The number of carbonyl (C=O) groups is 1. The Labute approximate surface area is 150 Å². The summed E-state index contributed by atoms with van der Waals surface area (Å²) in [5, 5.41) is 1.25. The van der Waals surface area contributed by atoms with Crippen LogP contribution in [0.25, 0.3) is 20.7 Å². The van der Waals surface area contributed by atoms with Gasteiger partial charge < -0.3 is 14.5 Å². The van der Waals surface area contributed by atoms with Crippen molar-refractivity contribution in [2.75, 3.05) is 38.2 Å². The summed E-state index contributed by atoms with van der Waals surface area (Å²) in [4.78, 5) is 21.6. The maximum atomic E-state index is 11.6. The first-order chi connectivity index (χ1) is 12.2. The zero-order chi connectivity index (χ0) is 17.2. The van der Waals surface area contributed by atoms with E-state index in [0.29, 0.717) is 13.1 Å². The first kappa shape index (κ1) is 15.9. The molecule has 0 radical (unpaired) electrons. The molecule has 0 spiro atoms. The van der Waals surface area contributed by atoms with Gasteiger partial charge in [-0.2, -0.15) is 0 Å². The van der Waals surface area contributed by atoms with Gasteiger partial charge in [0.25, 0.3) is 0 Å². The predicted octanol–water partition coefficient (Wildman–Crippen LogP) is 3.85. The van der Waals surface area contributed by atoms with Crippen molar-refractivity contribution in [3.8, 4) is 10.6 Å². The fourth-order valence-corrected chi connectivity index (χ4v) is 4.12. The first-order valence-corrected chi connectivity index (χ1v) is 9.10. The van der Waals surface area contributed by atoms with Crippen LogP contribution in [0.3, 0.4) is 0 Å². The number of ether oxygens (including phenoxy) is 1. The third-order valence-corrected chi connectivity index (χ3v) is 5.59. The number of hydrogen-bond acceptors (Lipinski definition) is 5. The average molecular weight is 353 g/mol. The second kappa shape index (κ2) is 6.72. The number of carbonyl (C=O) groups excluding carboxylic acids is 1. The number of methoxy groups -OCH3 is 1. The van der Waals surface area contributed by atoms with Crippen LogP contribution < -0.4 is 4.90 Å². The topological polar surface area (TPSA) is 45.7 Å². The molecule has 1 saturated heterocycles. The molecule has 0 N–H and O–H groups in total. The van der Waals surface area contributed by atoms with Gasteiger partial charge in [0.2, 0.25) is 0 Å². The van der Waals surface area contributed by atoms with Crippen molar-refractivity contribution in [2.24, 2.45) is 0 Å². The molecule has 1 aromatic carbocycles. The standard InChI is InChI=1S/C19H19N3O2S/c1-24-19(23)22-11-9-21(10-12-22)18-8-4-6-15(20-18)17-13-14-5-2-3-7-16(14)25-17/h2-8,13H,9-12H2,1H3. The SMILES string of the molecule is COC(=O)N1CCN(c2cccc(-c3cc4ccccc4s3)n2)CC1. The third-order valence-electron chi connectivity index (χ3n) is 4.45. The predicted molar refractivity (Wildman–Crippen MR) is 101 cm³/mol. The summed E-state index contributed by atoms with van der Waals surface area (Å²) in [5.74, 6) is 0.958. The Hall–Kier alpha value is -2.60. The van der Waals surface area contributed by atoms with E-state index in [1.165, 1.54) is 22.1 Å². The van der Waals surface area contributed by atoms with Crippen molar-refractivity contribution in [2.45, 2.75) is 0 Å². The molecule has 4 rings (SSSR count). The fraction of sp³-hybridized carbons (Fsp3) is 0.263. The summed E-state index contributed by atoms with van der Waals surface area (Å²) in [7, 11) is 1.42. The summed E-state index contributed by atoms with van der Waals surface area (Å²) in [6.07, 6.45) is -0.258. The lowest BCUT2D eigenvalue weighted by molar-refractivity contribution is 0.121. The van der Waals surface area contributed by atoms with Crippen LogP contribution in [0.15, 0.2) is 48.5 Å². The molecule has 3 heterocycles. The Balaban J connectivity index is 1.55. The number of amides is 1. The van der Waals surface area contributed by atoms with E-state index >= 15 is 0 Å². The molecule has 0 bridgehead atoms. The van der Waals surface area contributed by atoms with Gasteiger partial charge in [0.05, 0.1) is 17.7 Å². The van der Waals surface area contributed by atoms with Crippen LogP contribution in [0.2, 0.25) is 0 Å². The summed E-state index contributed by atoms with van der Waals surface area (Å²) in [6.45, 7) is 2.83. The van der Waals surface area contributed by atoms with Gasteiger partial charge in [0, 0.05) is 30.9 Å². The van der Waals surface area contributed by atoms with Crippen LogP contribution in [-0.4, -0.2) is 49.3 Å². The summed E-state index contributed by atoms with van der Waals surface area (Å²) >= 11 is 1.76.